The molecule has 0 spiro atoms. The Morgan fingerprint density at radius 1 is 1.28 bits per heavy atom. The lowest BCUT2D eigenvalue weighted by Gasteiger charge is -2.31. The van der Waals surface area contributed by atoms with Gasteiger partial charge in [-0.2, -0.15) is 0 Å². The molecule has 0 saturated carbocycles. The number of fused-ring (bicyclic) bond motifs is 3. The van der Waals surface area contributed by atoms with Gasteiger partial charge in [-0.05, 0) is 31.9 Å². The predicted molar refractivity (Wildman–Crippen MR) is 110 cm³/mol. The summed E-state index contributed by atoms with van der Waals surface area (Å²) >= 11 is 1.33. The SMILES string of the molecule is CCOC(=O)N1CCC(NC(=O)CSc2ncnc3c2oc2ccccc23)CC1. The van der Waals surface area contributed by atoms with Crippen LogP contribution in [0.4, 0.5) is 4.79 Å². The normalized spacial score (nSPS) is 15.0. The van der Waals surface area contributed by atoms with Crippen LogP contribution in [0.2, 0.25) is 0 Å². The maximum absolute atomic E-state index is 12.4. The van der Waals surface area contributed by atoms with Gasteiger partial charge < -0.3 is 19.4 Å². The fourth-order valence-electron chi connectivity index (χ4n) is 3.43. The number of carbonyl (C=O) groups excluding carboxylic acids is 2. The number of carbonyl (C=O) groups is 2. The molecule has 152 valence electrons. The zero-order chi connectivity index (χ0) is 20.2. The average molecular weight is 414 g/mol. The molecule has 1 aromatic carbocycles. The van der Waals surface area contributed by atoms with E-state index in [1.54, 1.807) is 11.8 Å². The number of piperidine rings is 1. The summed E-state index contributed by atoms with van der Waals surface area (Å²) in [6.45, 7) is 3.33. The van der Waals surface area contributed by atoms with Crippen LogP contribution in [0.15, 0.2) is 40.0 Å². The minimum absolute atomic E-state index is 0.0606. The molecular formula is C20H22N4O4S. The highest BCUT2D eigenvalue weighted by atomic mass is 32.2. The van der Waals surface area contributed by atoms with Crippen molar-refractivity contribution in [1.82, 2.24) is 20.2 Å². The molecule has 2 amide bonds. The zero-order valence-electron chi connectivity index (χ0n) is 16.1. The first-order chi connectivity index (χ1) is 14.2. The Labute approximate surface area is 172 Å². The van der Waals surface area contributed by atoms with Crippen molar-refractivity contribution < 1.29 is 18.7 Å². The van der Waals surface area contributed by atoms with Crippen molar-refractivity contribution >= 4 is 45.8 Å². The molecule has 1 aliphatic rings. The molecule has 2 aromatic heterocycles. The Kier molecular flexibility index (Phi) is 5.84. The molecule has 0 radical (unpaired) electrons. The number of likely N-dealkylation sites (tertiary alicyclic amines) is 1. The third-order valence-corrected chi connectivity index (χ3v) is 5.82. The van der Waals surface area contributed by atoms with E-state index >= 15 is 0 Å². The van der Waals surface area contributed by atoms with Crippen molar-refractivity contribution in [3.63, 3.8) is 0 Å². The number of thioether (sulfide) groups is 1. The van der Waals surface area contributed by atoms with Crippen molar-refractivity contribution in [3.8, 4) is 0 Å². The summed E-state index contributed by atoms with van der Waals surface area (Å²) < 4.78 is 10.9. The van der Waals surface area contributed by atoms with Crippen LogP contribution in [0.3, 0.4) is 0 Å². The predicted octanol–water partition coefficient (Wildman–Crippen LogP) is 3.21. The third kappa shape index (κ3) is 4.29. The van der Waals surface area contributed by atoms with Gasteiger partial charge in [0, 0.05) is 24.5 Å². The average Bonchev–Trinajstić information content (AvgIpc) is 3.12. The first kappa shape index (κ1) is 19.5. The van der Waals surface area contributed by atoms with Crippen molar-refractivity contribution in [2.75, 3.05) is 25.4 Å². The van der Waals surface area contributed by atoms with Crippen LogP contribution < -0.4 is 5.32 Å². The van der Waals surface area contributed by atoms with Crippen molar-refractivity contribution in [3.05, 3.63) is 30.6 Å². The monoisotopic (exact) mass is 414 g/mol. The number of aromatic nitrogens is 2. The number of nitrogens with zero attached hydrogens (tertiary/aromatic N) is 3. The summed E-state index contributed by atoms with van der Waals surface area (Å²) in [6.07, 6.45) is 2.65. The topological polar surface area (TPSA) is 97.6 Å². The molecule has 9 heteroatoms. The number of furan rings is 1. The van der Waals surface area contributed by atoms with Gasteiger partial charge in [0.2, 0.25) is 5.91 Å². The second-order valence-corrected chi connectivity index (χ2v) is 7.74. The van der Waals surface area contributed by atoms with Crippen LogP contribution in [-0.2, 0) is 9.53 Å². The van der Waals surface area contributed by atoms with E-state index in [2.05, 4.69) is 15.3 Å². The van der Waals surface area contributed by atoms with Gasteiger partial charge in [-0.15, -0.1) is 0 Å². The molecule has 0 atom stereocenters. The maximum atomic E-state index is 12.4. The maximum Gasteiger partial charge on any atom is 0.409 e. The molecule has 1 N–H and O–H groups in total. The Balaban J connectivity index is 1.33. The number of amides is 2. The number of hydrogen-bond donors (Lipinski definition) is 1. The third-order valence-electron chi connectivity index (χ3n) is 4.85. The summed E-state index contributed by atoms with van der Waals surface area (Å²) in [5.74, 6) is 0.175. The molecule has 1 saturated heterocycles. The number of para-hydroxylation sites is 1. The van der Waals surface area contributed by atoms with E-state index in [1.165, 1.54) is 18.1 Å². The van der Waals surface area contributed by atoms with E-state index in [4.69, 9.17) is 9.15 Å². The zero-order valence-corrected chi connectivity index (χ0v) is 16.9. The van der Waals surface area contributed by atoms with Crippen molar-refractivity contribution in [2.24, 2.45) is 0 Å². The lowest BCUT2D eigenvalue weighted by molar-refractivity contribution is -0.119. The molecule has 0 aliphatic carbocycles. The van der Waals surface area contributed by atoms with Crippen molar-refractivity contribution in [1.29, 1.82) is 0 Å². The Bertz CT molecular complexity index is 1030. The van der Waals surface area contributed by atoms with E-state index in [0.29, 0.717) is 30.3 Å². The Morgan fingerprint density at radius 3 is 2.86 bits per heavy atom. The van der Waals surface area contributed by atoms with E-state index in [1.807, 2.05) is 24.3 Å². The highest BCUT2D eigenvalue weighted by molar-refractivity contribution is 8.00. The van der Waals surface area contributed by atoms with Crippen molar-refractivity contribution in [2.45, 2.75) is 30.8 Å². The Morgan fingerprint density at radius 2 is 2.07 bits per heavy atom. The highest BCUT2D eigenvalue weighted by Crippen LogP contribution is 2.32. The second-order valence-electron chi connectivity index (χ2n) is 6.77. The summed E-state index contributed by atoms with van der Waals surface area (Å²) in [5, 5.41) is 4.63. The van der Waals surface area contributed by atoms with E-state index in [9.17, 15) is 9.59 Å². The molecule has 4 rings (SSSR count). The van der Waals surface area contributed by atoms with E-state index in [0.717, 1.165) is 29.3 Å². The number of nitrogens with one attached hydrogen (secondary N) is 1. The number of rotatable bonds is 5. The minimum atomic E-state index is -0.286. The van der Waals surface area contributed by atoms with Gasteiger partial charge in [-0.1, -0.05) is 23.9 Å². The van der Waals surface area contributed by atoms with Gasteiger partial charge in [-0.3, -0.25) is 4.79 Å². The van der Waals surface area contributed by atoms with E-state index < -0.39 is 0 Å². The van der Waals surface area contributed by atoms with Gasteiger partial charge in [0.1, 0.15) is 22.5 Å². The quantitative estimate of drug-likeness (QED) is 0.506. The molecule has 8 nitrogen and oxygen atoms in total. The van der Waals surface area contributed by atoms with Gasteiger partial charge in [0.15, 0.2) is 5.58 Å². The summed E-state index contributed by atoms with van der Waals surface area (Å²) in [6, 6.07) is 7.75. The lowest BCUT2D eigenvalue weighted by Crippen LogP contribution is -2.47. The van der Waals surface area contributed by atoms with E-state index in [-0.39, 0.29) is 23.8 Å². The molecule has 1 fully saturated rings. The fourth-order valence-corrected chi connectivity index (χ4v) is 4.17. The van der Waals surface area contributed by atoms with Gasteiger partial charge in [0.25, 0.3) is 0 Å². The fraction of sp³-hybridized carbons (Fsp3) is 0.400. The molecule has 0 unspecified atom stereocenters. The van der Waals surface area contributed by atoms with Crippen LogP contribution in [0, 0.1) is 0 Å². The van der Waals surface area contributed by atoms with Crippen LogP contribution in [0.1, 0.15) is 19.8 Å². The van der Waals surface area contributed by atoms with Crippen LogP contribution >= 0.6 is 11.8 Å². The van der Waals surface area contributed by atoms with Gasteiger partial charge in [-0.25, -0.2) is 14.8 Å². The largest absolute Gasteiger partial charge is 0.451 e. The first-order valence-corrected chi connectivity index (χ1v) is 10.6. The molecule has 0 bridgehead atoms. The Hall–Kier alpha value is -2.81. The summed E-state index contributed by atoms with van der Waals surface area (Å²) in [5.41, 5.74) is 2.11. The first-order valence-electron chi connectivity index (χ1n) is 9.61. The highest BCUT2D eigenvalue weighted by Gasteiger charge is 2.24. The lowest BCUT2D eigenvalue weighted by atomic mass is 10.1. The molecule has 1 aliphatic heterocycles. The van der Waals surface area contributed by atoms with Gasteiger partial charge in [0.05, 0.1) is 12.4 Å². The van der Waals surface area contributed by atoms with Crippen LogP contribution in [0.25, 0.3) is 22.1 Å². The van der Waals surface area contributed by atoms with Crippen LogP contribution in [0.5, 0.6) is 0 Å². The molecule has 3 aromatic rings. The summed E-state index contributed by atoms with van der Waals surface area (Å²) in [4.78, 5) is 34.4. The molecule has 3 heterocycles. The molecule has 29 heavy (non-hydrogen) atoms. The summed E-state index contributed by atoms with van der Waals surface area (Å²) in [7, 11) is 0. The minimum Gasteiger partial charge on any atom is -0.451 e. The van der Waals surface area contributed by atoms with Crippen LogP contribution in [-0.4, -0.2) is 58.4 Å². The number of benzene rings is 1. The molecular weight excluding hydrogens is 392 g/mol. The van der Waals surface area contributed by atoms with Gasteiger partial charge >= 0.3 is 6.09 Å². The second kappa shape index (κ2) is 8.69. The standard InChI is InChI=1S/C20H22N4O4S/c1-2-27-20(26)24-9-7-13(8-10-24)23-16(25)11-29-19-18-17(21-12-22-19)14-5-3-4-6-15(14)28-18/h3-6,12-13H,2,7-11H2,1H3,(H,23,25). The number of hydrogen-bond acceptors (Lipinski definition) is 7. The number of ether oxygens (including phenoxy) is 1. The smallest absolute Gasteiger partial charge is 0.409 e.